The summed E-state index contributed by atoms with van der Waals surface area (Å²) in [6, 6.07) is 8.24. The number of hydrogen-bond acceptors (Lipinski definition) is 4. The van der Waals surface area contributed by atoms with Gasteiger partial charge in [-0.2, -0.15) is 0 Å². The molecule has 2 fully saturated rings. The first-order chi connectivity index (χ1) is 11.1. The minimum absolute atomic E-state index is 0.0590. The molecule has 2 aliphatic heterocycles. The van der Waals surface area contributed by atoms with Gasteiger partial charge in [0.05, 0.1) is 11.5 Å². The van der Waals surface area contributed by atoms with Gasteiger partial charge in [0.15, 0.2) is 0 Å². The molecule has 3 N–H and O–H groups in total. The SMILES string of the molecule is Cc1ccc(C2(C(=O)NCC3CNCC3O)CCOCC2)cc1. The van der Waals surface area contributed by atoms with Crippen LogP contribution in [0.5, 0.6) is 0 Å². The topological polar surface area (TPSA) is 70.6 Å². The first kappa shape index (κ1) is 16.4. The highest BCUT2D eigenvalue weighted by Gasteiger charge is 2.42. The number of hydrogen-bond donors (Lipinski definition) is 3. The molecule has 2 unspecified atom stereocenters. The summed E-state index contributed by atoms with van der Waals surface area (Å²) in [5, 5.41) is 16.1. The van der Waals surface area contributed by atoms with Crippen LogP contribution in [0.3, 0.4) is 0 Å². The van der Waals surface area contributed by atoms with Crippen molar-refractivity contribution in [1.82, 2.24) is 10.6 Å². The van der Waals surface area contributed by atoms with E-state index in [0.29, 0.717) is 39.1 Å². The second kappa shape index (κ2) is 6.99. The smallest absolute Gasteiger partial charge is 0.230 e. The van der Waals surface area contributed by atoms with E-state index in [9.17, 15) is 9.90 Å². The Balaban J connectivity index is 1.75. The molecule has 0 saturated carbocycles. The summed E-state index contributed by atoms with van der Waals surface area (Å²) in [6.07, 6.45) is 1.03. The zero-order valence-corrected chi connectivity index (χ0v) is 13.7. The van der Waals surface area contributed by atoms with E-state index in [0.717, 1.165) is 12.1 Å². The number of aliphatic hydroxyl groups is 1. The lowest BCUT2D eigenvalue weighted by Gasteiger charge is -2.36. The van der Waals surface area contributed by atoms with Crippen molar-refractivity contribution in [2.75, 3.05) is 32.8 Å². The van der Waals surface area contributed by atoms with Crippen LogP contribution in [0.2, 0.25) is 0 Å². The van der Waals surface area contributed by atoms with Gasteiger partial charge >= 0.3 is 0 Å². The molecule has 0 spiro atoms. The number of benzene rings is 1. The summed E-state index contributed by atoms with van der Waals surface area (Å²) in [5.41, 5.74) is 1.74. The molecule has 2 saturated heterocycles. The number of aryl methyl sites for hydroxylation is 1. The van der Waals surface area contributed by atoms with Gasteiger partial charge in [-0.05, 0) is 25.3 Å². The van der Waals surface area contributed by atoms with Crippen LogP contribution in [-0.4, -0.2) is 50.0 Å². The van der Waals surface area contributed by atoms with Gasteiger partial charge in [-0.3, -0.25) is 4.79 Å². The van der Waals surface area contributed by atoms with Crippen molar-refractivity contribution in [3.8, 4) is 0 Å². The lowest BCUT2D eigenvalue weighted by molar-refractivity contribution is -0.130. The van der Waals surface area contributed by atoms with Gasteiger partial charge < -0.3 is 20.5 Å². The van der Waals surface area contributed by atoms with E-state index >= 15 is 0 Å². The fraction of sp³-hybridized carbons (Fsp3) is 0.611. The highest BCUT2D eigenvalue weighted by Crippen LogP contribution is 2.35. The predicted molar refractivity (Wildman–Crippen MR) is 88.3 cm³/mol. The molecule has 5 nitrogen and oxygen atoms in total. The Morgan fingerprint density at radius 3 is 2.61 bits per heavy atom. The lowest BCUT2D eigenvalue weighted by Crippen LogP contribution is -2.49. The molecule has 2 atom stereocenters. The molecule has 0 bridgehead atoms. The Hall–Kier alpha value is -1.43. The molecule has 1 aromatic rings. The molecule has 2 aliphatic rings. The van der Waals surface area contributed by atoms with Crippen LogP contribution in [0, 0.1) is 12.8 Å². The number of β-amino-alcohol motifs (C(OH)–C–C–N with tert-alkyl or cyclic N) is 1. The maximum Gasteiger partial charge on any atom is 0.230 e. The van der Waals surface area contributed by atoms with Crippen molar-refractivity contribution in [2.24, 2.45) is 5.92 Å². The molecule has 0 aliphatic carbocycles. The number of rotatable bonds is 4. The minimum Gasteiger partial charge on any atom is -0.391 e. The van der Waals surface area contributed by atoms with Crippen LogP contribution in [0.1, 0.15) is 24.0 Å². The molecular formula is C18H26N2O3. The number of nitrogens with one attached hydrogen (secondary N) is 2. The Morgan fingerprint density at radius 1 is 1.30 bits per heavy atom. The first-order valence-corrected chi connectivity index (χ1v) is 8.44. The summed E-state index contributed by atoms with van der Waals surface area (Å²) in [7, 11) is 0. The molecule has 3 rings (SSSR count). The zero-order chi connectivity index (χ0) is 16.3. The average Bonchev–Trinajstić information content (AvgIpc) is 2.99. The molecule has 0 aromatic heterocycles. The van der Waals surface area contributed by atoms with E-state index in [1.165, 1.54) is 5.56 Å². The molecule has 5 heteroatoms. The maximum absolute atomic E-state index is 13.0. The van der Waals surface area contributed by atoms with Gasteiger partial charge in [0.1, 0.15) is 0 Å². The van der Waals surface area contributed by atoms with Crippen LogP contribution in [0.25, 0.3) is 0 Å². The summed E-state index contributed by atoms with van der Waals surface area (Å²) in [5.74, 6) is 0.151. The fourth-order valence-electron chi connectivity index (χ4n) is 3.56. The van der Waals surface area contributed by atoms with E-state index in [4.69, 9.17) is 4.74 Å². The molecule has 2 heterocycles. The lowest BCUT2D eigenvalue weighted by atomic mass is 9.73. The largest absolute Gasteiger partial charge is 0.391 e. The van der Waals surface area contributed by atoms with E-state index < -0.39 is 5.41 Å². The molecule has 1 aromatic carbocycles. The Kier molecular flexibility index (Phi) is 4.99. The van der Waals surface area contributed by atoms with Gasteiger partial charge in [0.25, 0.3) is 0 Å². The van der Waals surface area contributed by atoms with Crippen LogP contribution in [0.4, 0.5) is 0 Å². The Bertz CT molecular complexity index is 538. The summed E-state index contributed by atoms with van der Waals surface area (Å²) >= 11 is 0. The van der Waals surface area contributed by atoms with Crippen molar-refractivity contribution in [3.63, 3.8) is 0 Å². The standard InChI is InChI=1S/C18H26N2O3/c1-13-2-4-15(5-3-13)18(6-8-23-9-7-18)17(22)20-11-14-10-19-12-16(14)21/h2-5,14,16,19,21H,6-12H2,1H3,(H,20,22). The van der Waals surface area contributed by atoms with Crippen LogP contribution >= 0.6 is 0 Å². The van der Waals surface area contributed by atoms with E-state index in [1.807, 2.05) is 0 Å². The van der Waals surface area contributed by atoms with Crippen molar-refractivity contribution < 1.29 is 14.6 Å². The minimum atomic E-state index is -0.511. The molecule has 126 valence electrons. The quantitative estimate of drug-likeness (QED) is 0.766. The highest BCUT2D eigenvalue weighted by molar-refractivity contribution is 5.88. The molecule has 23 heavy (non-hydrogen) atoms. The summed E-state index contributed by atoms with van der Waals surface area (Å²) < 4.78 is 5.49. The first-order valence-electron chi connectivity index (χ1n) is 8.44. The number of carbonyl (C=O) groups is 1. The van der Waals surface area contributed by atoms with Crippen molar-refractivity contribution in [3.05, 3.63) is 35.4 Å². The van der Waals surface area contributed by atoms with E-state index in [1.54, 1.807) is 0 Å². The van der Waals surface area contributed by atoms with Gasteiger partial charge in [0, 0.05) is 38.8 Å². The summed E-state index contributed by atoms with van der Waals surface area (Å²) in [4.78, 5) is 13.0. The summed E-state index contributed by atoms with van der Waals surface area (Å²) in [6.45, 7) is 5.14. The number of ether oxygens (including phenoxy) is 1. The normalized spacial score (nSPS) is 26.9. The monoisotopic (exact) mass is 318 g/mol. The van der Waals surface area contributed by atoms with Gasteiger partial charge in [-0.15, -0.1) is 0 Å². The van der Waals surface area contributed by atoms with Crippen LogP contribution < -0.4 is 10.6 Å². The Labute approximate surface area is 137 Å². The van der Waals surface area contributed by atoms with E-state index in [2.05, 4.69) is 41.8 Å². The molecule has 1 amide bonds. The predicted octanol–water partition coefficient (Wildman–Crippen LogP) is 0.740. The van der Waals surface area contributed by atoms with E-state index in [-0.39, 0.29) is 17.9 Å². The second-order valence-electron chi connectivity index (χ2n) is 6.76. The molecule has 0 radical (unpaired) electrons. The number of amides is 1. The third kappa shape index (κ3) is 3.42. The third-order valence-corrected chi connectivity index (χ3v) is 5.21. The van der Waals surface area contributed by atoms with Crippen LogP contribution in [-0.2, 0) is 14.9 Å². The number of carbonyl (C=O) groups excluding carboxylic acids is 1. The molecular weight excluding hydrogens is 292 g/mol. The van der Waals surface area contributed by atoms with Crippen LogP contribution in [0.15, 0.2) is 24.3 Å². The van der Waals surface area contributed by atoms with Crippen molar-refractivity contribution in [1.29, 1.82) is 0 Å². The van der Waals surface area contributed by atoms with Crippen molar-refractivity contribution in [2.45, 2.75) is 31.3 Å². The Morgan fingerprint density at radius 2 is 2.00 bits per heavy atom. The second-order valence-corrected chi connectivity index (χ2v) is 6.76. The zero-order valence-electron chi connectivity index (χ0n) is 13.7. The average molecular weight is 318 g/mol. The van der Waals surface area contributed by atoms with Gasteiger partial charge in [0.2, 0.25) is 5.91 Å². The van der Waals surface area contributed by atoms with Crippen molar-refractivity contribution >= 4 is 5.91 Å². The highest BCUT2D eigenvalue weighted by atomic mass is 16.5. The fourth-order valence-corrected chi connectivity index (χ4v) is 3.56. The number of aliphatic hydroxyl groups excluding tert-OH is 1. The van der Waals surface area contributed by atoms with Gasteiger partial charge in [-0.25, -0.2) is 0 Å². The third-order valence-electron chi connectivity index (χ3n) is 5.21. The maximum atomic E-state index is 13.0. The van der Waals surface area contributed by atoms with Gasteiger partial charge in [-0.1, -0.05) is 29.8 Å².